The first-order valence-corrected chi connectivity index (χ1v) is 7.29. The van der Waals surface area contributed by atoms with Gasteiger partial charge in [-0.1, -0.05) is 0 Å². The van der Waals surface area contributed by atoms with Crippen LogP contribution in [0.15, 0.2) is 0 Å². The summed E-state index contributed by atoms with van der Waals surface area (Å²) in [6.07, 6.45) is 0.194. The van der Waals surface area contributed by atoms with Crippen molar-refractivity contribution in [3.63, 3.8) is 0 Å². The Morgan fingerprint density at radius 3 is 2.44 bits per heavy atom. The van der Waals surface area contributed by atoms with Gasteiger partial charge < -0.3 is 14.4 Å². The van der Waals surface area contributed by atoms with Crippen molar-refractivity contribution >= 4 is 15.9 Å². The van der Waals surface area contributed by atoms with Gasteiger partial charge in [-0.05, 0) is 6.92 Å². The molecule has 18 heavy (non-hydrogen) atoms. The van der Waals surface area contributed by atoms with Crippen molar-refractivity contribution in [2.24, 2.45) is 11.1 Å². The number of hydrogen-bond acceptors (Lipinski definition) is 5. The summed E-state index contributed by atoms with van der Waals surface area (Å²) in [7, 11) is -0.567. The first kappa shape index (κ1) is 15.4. The monoisotopic (exact) mass is 280 g/mol. The number of ether oxygens (including phenoxy) is 2. The number of carbonyl (C=O) groups excluding carboxylic acids is 1. The molecule has 2 N–H and O–H groups in total. The van der Waals surface area contributed by atoms with Crippen molar-refractivity contribution in [2.45, 2.75) is 19.1 Å². The van der Waals surface area contributed by atoms with Gasteiger partial charge in [-0.2, -0.15) is 0 Å². The van der Waals surface area contributed by atoms with Crippen LogP contribution in [0.1, 0.15) is 13.3 Å². The number of sulfonamides is 1. The summed E-state index contributed by atoms with van der Waals surface area (Å²) in [5, 5.41) is 4.98. The zero-order chi connectivity index (χ0) is 14.0. The van der Waals surface area contributed by atoms with Crippen LogP contribution in [0.4, 0.5) is 0 Å². The van der Waals surface area contributed by atoms with E-state index < -0.39 is 15.8 Å². The molecule has 1 rings (SSSR count). The summed E-state index contributed by atoms with van der Waals surface area (Å²) in [6.45, 7) is 2.34. The number of carbonyl (C=O) groups is 1. The normalized spacial score (nSPS) is 21.7. The quantitative estimate of drug-likeness (QED) is 0.638. The summed E-state index contributed by atoms with van der Waals surface area (Å²) in [5.41, 5.74) is 0. The second-order valence-electron chi connectivity index (χ2n) is 4.72. The lowest BCUT2D eigenvalue weighted by molar-refractivity contribution is -0.203. The molecular weight excluding hydrogens is 260 g/mol. The highest BCUT2D eigenvalue weighted by Crippen LogP contribution is 2.22. The van der Waals surface area contributed by atoms with Gasteiger partial charge in [-0.3, -0.25) is 4.79 Å². The van der Waals surface area contributed by atoms with E-state index in [2.05, 4.69) is 0 Å². The van der Waals surface area contributed by atoms with Gasteiger partial charge >= 0.3 is 0 Å². The average molecular weight is 280 g/mol. The molecule has 0 aliphatic carbocycles. The topological polar surface area (TPSA) is 98.9 Å². The number of likely N-dealkylation sites (tertiary alicyclic amines) is 1. The predicted octanol–water partition coefficient (Wildman–Crippen LogP) is -0.868. The molecule has 1 atom stereocenters. The van der Waals surface area contributed by atoms with Crippen molar-refractivity contribution in [3.8, 4) is 0 Å². The summed E-state index contributed by atoms with van der Waals surface area (Å²) in [4.78, 5) is 13.3. The van der Waals surface area contributed by atoms with Gasteiger partial charge in [0, 0.05) is 33.1 Å². The Kier molecular flexibility index (Phi) is 4.71. The van der Waals surface area contributed by atoms with E-state index in [0.29, 0.717) is 6.54 Å². The fourth-order valence-corrected chi connectivity index (χ4v) is 2.89. The van der Waals surface area contributed by atoms with Crippen molar-refractivity contribution in [3.05, 3.63) is 0 Å². The predicted molar refractivity (Wildman–Crippen MR) is 65.1 cm³/mol. The van der Waals surface area contributed by atoms with Gasteiger partial charge in [0.25, 0.3) is 0 Å². The van der Waals surface area contributed by atoms with E-state index in [1.165, 1.54) is 14.2 Å². The Balaban J connectivity index is 2.63. The molecule has 1 heterocycles. The van der Waals surface area contributed by atoms with Gasteiger partial charge in [0.1, 0.15) is 0 Å². The van der Waals surface area contributed by atoms with Crippen LogP contribution in [0, 0.1) is 5.92 Å². The molecule has 0 spiro atoms. The van der Waals surface area contributed by atoms with E-state index >= 15 is 0 Å². The molecule has 0 radical (unpaired) electrons. The Morgan fingerprint density at radius 2 is 2.00 bits per heavy atom. The molecule has 1 fully saturated rings. The van der Waals surface area contributed by atoms with Crippen molar-refractivity contribution in [2.75, 3.05) is 33.1 Å². The molecule has 0 saturated carbocycles. The second kappa shape index (κ2) is 5.52. The number of nitrogens with two attached hydrogens (primary N) is 1. The third-order valence-corrected chi connectivity index (χ3v) is 4.04. The van der Waals surface area contributed by atoms with Crippen LogP contribution < -0.4 is 5.14 Å². The summed E-state index contributed by atoms with van der Waals surface area (Å²) >= 11 is 0. The Hall–Kier alpha value is -0.700. The van der Waals surface area contributed by atoms with Crippen LogP contribution in [-0.4, -0.2) is 58.1 Å². The molecule has 0 aromatic rings. The maximum absolute atomic E-state index is 11.8. The lowest BCUT2D eigenvalue weighted by Gasteiger charge is -2.31. The third-order valence-electron chi connectivity index (χ3n) is 3.10. The Bertz CT molecular complexity index is 404. The highest BCUT2D eigenvalue weighted by molar-refractivity contribution is 7.89. The molecule has 1 unspecified atom stereocenters. The highest BCUT2D eigenvalue weighted by atomic mass is 32.2. The molecule has 8 heteroatoms. The number of nitrogens with zero attached hydrogens (tertiary/aromatic N) is 1. The highest BCUT2D eigenvalue weighted by Gasteiger charge is 2.36. The molecule has 0 aromatic carbocycles. The van der Waals surface area contributed by atoms with Crippen LogP contribution in [0.2, 0.25) is 0 Å². The minimum atomic E-state index is -3.55. The molecule has 1 aliphatic rings. The number of methoxy groups -OCH3 is 2. The largest absolute Gasteiger partial charge is 0.352 e. The minimum absolute atomic E-state index is 0.107. The van der Waals surface area contributed by atoms with Crippen LogP contribution in [0.3, 0.4) is 0 Å². The van der Waals surface area contributed by atoms with Crippen LogP contribution in [0.25, 0.3) is 0 Å². The van der Waals surface area contributed by atoms with E-state index in [-0.39, 0.29) is 30.5 Å². The van der Waals surface area contributed by atoms with Gasteiger partial charge in [-0.25, -0.2) is 13.6 Å². The first-order valence-electron chi connectivity index (χ1n) is 5.57. The first-order chi connectivity index (χ1) is 8.19. The molecular formula is C10H20N2O5S. The number of hydrogen-bond donors (Lipinski definition) is 1. The number of amides is 1. The lowest BCUT2D eigenvalue weighted by Crippen LogP contribution is -2.44. The van der Waals surface area contributed by atoms with Crippen LogP contribution >= 0.6 is 0 Å². The minimum Gasteiger partial charge on any atom is -0.352 e. The molecule has 1 amide bonds. The van der Waals surface area contributed by atoms with Crippen molar-refractivity contribution in [1.82, 2.24) is 4.90 Å². The molecule has 1 aliphatic heterocycles. The average Bonchev–Trinajstić information content (AvgIpc) is 2.56. The fourth-order valence-electron chi connectivity index (χ4n) is 2.01. The van der Waals surface area contributed by atoms with Crippen molar-refractivity contribution < 1.29 is 22.7 Å². The second-order valence-corrected chi connectivity index (χ2v) is 6.38. The number of rotatable bonds is 6. The number of primary sulfonamides is 1. The molecule has 7 nitrogen and oxygen atoms in total. The van der Waals surface area contributed by atoms with Gasteiger partial charge in [0.05, 0.1) is 12.3 Å². The summed E-state index contributed by atoms with van der Waals surface area (Å²) in [6, 6.07) is 0. The van der Waals surface area contributed by atoms with E-state index in [9.17, 15) is 13.2 Å². The van der Waals surface area contributed by atoms with Gasteiger partial charge in [0.2, 0.25) is 15.9 Å². The van der Waals surface area contributed by atoms with Crippen LogP contribution in [-0.2, 0) is 24.3 Å². The third kappa shape index (κ3) is 4.20. The molecule has 106 valence electrons. The molecule has 1 saturated heterocycles. The van der Waals surface area contributed by atoms with E-state index in [1.54, 1.807) is 11.8 Å². The van der Waals surface area contributed by atoms with Gasteiger partial charge in [-0.15, -0.1) is 0 Å². The SMILES string of the molecule is COC(C)(CN1CC(CS(N)(=O)=O)CC1=O)OC. The molecule has 0 bridgehead atoms. The molecule has 0 aromatic heterocycles. The lowest BCUT2D eigenvalue weighted by atomic mass is 10.1. The smallest absolute Gasteiger partial charge is 0.223 e. The van der Waals surface area contributed by atoms with Crippen LogP contribution in [0.5, 0.6) is 0 Å². The standard InChI is InChI=1S/C10H20N2O5S/c1-10(16-2,17-3)7-12-5-8(4-9(12)13)6-18(11,14)15/h8H,4-7H2,1-3H3,(H2,11,14,15). The van der Waals surface area contributed by atoms with Gasteiger partial charge in [0.15, 0.2) is 5.79 Å². The van der Waals surface area contributed by atoms with E-state index in [0.717, 1.165) is 0 Å². The van der Waals surface area contributed by atoms with E-state index in [4.69, 9.17) is 14.6 Å². The zero-order valence-corrected chi connectivity index (χ0v) is 11.7. The zero-order valence-electron chi connectivity index (χ0n) is 10.9. The summed E-state index contributed by atoms with van der Waals surface area (Å²) < 4.78 is 32.3. The van der Waals surface area contributed by atoms with E-state index in [1.807, 2.05) is 0 Å². The van der Waals surface area contributed by atoms with Crippen molar-refractivity contribution in [1.29, 1.82) is 0 Å². The Morgan fingerprint density at radius 1 is 1.44 bits per heavy atom. The fraction of sp³-hybridized carbons (Fsp3) is 0.900. The Labute approximate surface area is 107 Å². The summed E-state index contributed by atoms with van der Waals surface area (Å²) in [5.74, 6) is -1.42. The maximum Gasteiger partial charge on any atom is 0.223 e. The maximum atomic E-state index is 11.8.